The molecule has 0 amide bonds. The van der Waals surface area contributed by atoms with E-state index >= 15 is 0 Å². The van der Waals surface area contributed by atoms with Crippen molar-refractivity contribution in [2.45, 2.75) is 72.0 Å². The Bertz CT molecular complexity index is 542. The summed E-state index contributed by atoms with van der Waals surface area (Å²) in [5.41, 5.74) is 1.22. The molecule has 0 radical (unpaired) electrons. The second-order valence-electron chi connectivity index (χ2n) is 7.18. The fourth-order valence-corrected chi connectivity index (χ4v) is 4.21. The third-order valence-corrected chi connectivity index (χ3v) is 5.64. The number of aryl methyl sites for hydroxylation is 1. The van der Waals surface area contributed by atoms with Crippen LogP contribution in [0.5, 0.6) is 0 Å². The topological polar surface area (TPSA) is 52.6 Å². The first-order valence-corrected chi connectivity index (χ1v) is 9.89. The van der Waals surface area contributed by atoms with Crippen LogP contribution in [0.25, 0.3) is 0 Å². The molecule has 0 aromatic carbocycles. The van der Waals surface area contributed by atoms with E-state index in [0.29, 0.717) is 18.0 Å². The molecule has 1 saturated heterocycles. The minimum Gasteiger partial charge on any atom is -0.354 e. The summed E-state index contributed by atoms with van der Waals surface area (Å²) in [5.74, 6) is 1.37. The van der Waals surface area contributed by atoms with Crippen molar-refractivity contribution in [3.63, 3.8) is 0 Å². The summed E-state index contributed by atoms with van der Waals surface area (Å²) in [4.78, 5) is 13.0. The maximum Gasteiger partial charge on any atom is 0.191 e. The minimum atomic E-state index is 0.485. The molecule has 1 aliphatic heterocycles. The summed E-state index contributed by atoms with van der Waals surface area (Å²) in [5, 5.41) is 8.12. The van der Waals surface area contributed by atoms with Crippen molar-refractivity contribution in [1.29, 1.82) is 0 Å². The summed E-state index contributed by atoms with van der Waals surface area (Å²) in [6, 6.07) is 1.15. The third kappa shape index (κ3) is 5.18. The van der Waals surface area contributed by atoms with Crippen LogP contribution < -0.4 is 10.6 Å². The quantitative estimate of drug-likeness (QED) is 0.632. The van der Waals surface area contributed by atoms with Gasteiger partial charge in [0, 0.05) is 37.1 Å². The standard InChI is InChI=1S/C18H33N5S/c1-12(2)17-14(5)24-16(22-17)11-20-18(19-6)21-15-7-9-23(10-8-15)13(3)4/h12-13,15H,7-11H2,1-6H3,(H2,19,20,21). The van der Waals surface area contributed by atoms with Gasteiger partial charge in [-0.25, -0.2) is 4.98 Å². The number of guanidine groups is 1. The van der Waals surface area contributed by atoms with E-state index in [-0.39, 0.29) is 0 Å². The second-order valence-corrected chi connectivity index (χ2v) is 8.47. The van der Waals surface area contributed by atoms with Crippen LogP contribution in [0.1, 0.15) is 62.0 Å². The molecule has 1 fully saturated rings. The van der Waals surface area contributed by atoms with E-state index in [1.807, 2.05) is 7.05 Å². The molecule has 2 N–H and O–H groups in total. The van der Waals surface area contributed by atoms with E-state index in [1.165, 1.54) is 23.4 Å². The largest absolute Gasteiger partial charge is 0.354 e. The highest BCUT2D eigenvalue weighted by Gasteiger charge is 2.21. The molecule has 0 unspecified atom stereocenters. The summed E-state index contributed by atoms with van der Waals surface area (Å²) < 4.78 is 0. The van der Waals surface area contributed by atoms with E-state index in [4.69, 9.17) is 4.98 Å². The van der Waals surface area contributed by atoms with Gasteiger partial charge in [0.1, 0.15) is 5.01 Å². The predicted octanol–water partition coefficient (Wildman–Crippen LogP) is 3.11. The van der Waals surface area contributed by atoms with Crippen molar-refractivity contribution in [2.24, 2.45) is 4.99 Å². The molecule has 1 aromatic rings. The van der Waals surface area contributed by atoms with Crippen molar-refractivity contribution in [3.05, 3.63) is 15.6 Å². The maximum absolute atomic E-state index is 4.76. The first kappa shape index (κ1) is 19.2. The third-order valence-electron chi connectivity index (χ3n) is 4.65. The number of hydrogen-bond acceptors (Lipinski definition) is 4. The van der Waals surface area contributed by atoms with Crippen LogP contribution in [0.2, 0.25) is 0 Å². The SMILES string of the molecule is CN=C(NCc1nc(C(C)C)c(C)s1)NC1CCN(C(C)C)CC1. The van der Waals surface area contributed by atoms with Crippen LogP contribution in [0.4, 0.5) is 0 Å². The highest BCUT2D eigenvalue weighted by atomic mass is 32.1. The van der Waals surface area contributed by atoms with Gasteiger partial charge in [0.2, 0.25) is 0 Å². The Labute approximate surface area is 151 Å². The van der Waals surface area contributed by atoms with Crippen LogP contribution in [-0.2, 0) is 6.54 Å². The number of rotatable bonds is 5. The van der Waals surface area contributed by atoms with Gasteiger partial charge in [0.05, 0.1) is 12.2 Å². The van der Waals surface area contributed by atoms with Gasteiger partial charge in [0.25, 0.3) is 0 Å². The number of likely N-dealkylation sites (tertiary alicyclic amines) is 1. The first-order valence-electron chi connectivity index (χ1n) is 9.08. The monoisotopic (exact) mass is 351 g/mol. The van der Waals surface area contributed by atoms with Crippen LogP contribution in [0.15, 0.2) is 4.99 Å². The zero-order valence-corrected chi connectivity index (χ0v) is 16.8. The van der Waals surface area contributed by atoms with Gasteiger partial charge in [-0.2, -0.15) is 0 Å². The van der Waals surface area contributed by atoms with E-state index in [0.717, 1.165) is 30.6 Å². The molecule has 136 valence electrons. The average Bonchev–Trinajstić information content (AvgIpc) is 2.93. The lowest BCUT2D eigenvalue weighted by Crippen LogP contribution is -2.49. The van der Waals surface area contributed by atoms with Gasteiger partial charge < -0.3 is 15.5 Å². The molecule has 2 heterocycles. The Morgan fingerprint density at radius 2 is 1.96 bits per heavy atom. The Morgan fingerprint density at radius 3 is 2.46 bits per heavy atom. The molecule has 6 heteroatoms. The minimum absolute atomic E-state index is 0.485. The van der Waals surface area contributed by atoms with Crippen LogP contribution >= 0.6 is 11.3 Å². The predicted molar refractivity (Wildman–Crippen MR) is 104 cm³/mol. The normalized spacial score (nSPS) is 17.8. The smallest absolute Gasteiger partial charge is 0.191 e. The lowest BCUT2D eigenvalue weighted by Gasteiger charge is -2.35. The summed E-state index contributed by atoms with van der Waals surface area (Å²) >= 11 is 1.78. The molecule has 0 atom stereocenters. The molecule has 1 aromatic heterocycles. The van der Waals surface area contributed by atoms with Gasteiger partial charge in [-0.1, -0.05) is 13.8 Å². The molecule has 0 bridgehead atoms. The summed E-state index contributed by atoms with van der Waals surface area (Å²) in [6.45, 7) is 14.2. The summed E-state index contributed by atoms with van der Waals surface area (Å²) in [7, 11) is 1.84. The second kappa shape index (κ2) is 8.81. The van der Waals surface area contributed by atoms with E-state index in [1.54, 1.807) is 11.3 Å². The Balaban J connectivity index is 1.82. The van der Waals surface area contributed by atoms with Gasteiger partial charge in [-0.15, -0.1) is 11.3 Å². The van der Waals surface area contributed by atoms with E-state index in [9.17, 15) is 0 Å². The van der Waals surface area contributed by atoms with Gasteiger partial charge >= 0.3 is 0 Å². The molecule has 5 nitrogen and oxygen atoms in total. The molecule has 1 aliphatic rings. The van der Waals surface area contributed by atoms with Gasteiger partial charge in [0.15, 0.2) is 5.96 Å². The number of hydrogen-bond donors (Lipinski definition) is 2. The molecule has 0 saturated carbocycles. The molecular formula is C18H33N5S. The number of aliphatic imine (C=N–C) groups is 1. The van der Waals surface area contributed by atoms with Crippen molar-refractivity contribution in [2.75, 3.05) is 20.1 Å². The number of aromatic nitrogens is 1. The van der Waals surface area contributed by atoms with E-state index < -0.39 is 0 Å². The van der Waals surface area contributed by atoms with Crippen LogP contribution in [-0.4, -0.2) is 48.1 Å². The van der Waals surface area contributed by atoms with Crippen LogP contribution in [0, 0.1) is 6.92 Å². The zero-order valence-electron chi connectivity index (χ0n) is 16.0. The zero-order chi connectivity index (χ0) is 17.7. The maximum atomic E-state index is 4.76. The molecule has 0 aliphatic carbocycles. The molecule has 24 heavy (non-hydrogen) atoms. The molecular weight excluding hydrogens is 318 g/mol. The van der Waals surface area contributed by atoms with Crippen molar-refractivity contribution in [3.8, 4) is 0 Å². The lowest BCUT2D eigenvalue weighted by atomic mass is 10.0. The Hall–Kier alpha value is -1.14. The molecule has 2 rings (SSSR count). The highest BCUT2D eigenvalue weighted by Crippen LogP contribution is 2.23. The number of thiazole rings is 1. The number of nitrogens with zero attached hydrogens (tertiary/aromatic N) is 3. The first-order chi connectivity index (χ1) is 11.4. The Kier molecular flexibility index (Phi) is 7.04. The Morgan fingerprint density at radius 1 is 1.29 bits per heavy atom. The van der Waals surface area contributed by atoms with Crippen LogP contribution in [0.3, 0.4) is 0 Å². The van der Waals surface area contributed by atoms with Crippen molar-refractivity contribution in [1.82, 2.24) is 20.5 Å². The lowest BCUT2D eigenvalue weighted by molar-refractivity contribution is 0.167. The average molecular weight is 352 g/mol. The fourth-order valence-electron chi connectivity index (χ4n) is 3.18. The summed E-state index contributed by atoms with van der Waals surface area (Å²) in [6.07, 6.45) is 2.35. The number of nitrogens with one attached hydrogen (secondary N) is 2. The highest BCUT2D eigenvalue weighted by molar-refractivity contribution is 7.11. The number of piperidine rings is 1. The fraction of sp³-hybridized carbons (Fsp3) is 0.778. The van der Waals surface area contributed by atoms with Crippen molar-refractivity contribution >= 4 is 17.3 Å². The van der Waals surface area contributed by atoms with Gasteiger partial charge in [-0.05, 0) is 39.5 Å². The van der Waals surface area contributed by atoms with E-state index in [2.05, 4.69) is 55.1 Å². The molecule has 0 spiro atoms. The van der Waals surface area contributed by atoms with Gasteiger partial charge in [-0.3, -0.25) is 4.99 Å². The van der Waals surface area contributed by atoms with Crippen molar-refractivity contribution < 1.29 is 0 Å².